The molecule has 26 heavy (non-hydrogen) atoms. The van der Waals surface area contributed by atoms with Gasteiger partial charge < -0.3 is 10.2 Å². The quantitative estimate of drug-likeness (QED) is 0.523. The van der Waals surface area contributed by atoms with Crippen molar-refractivity contribution in [2.75, 3.05) is 6.54 Å². The van der Waals surface area contributed by atoms with E-state index in [1.807, 2.05) is 30.3 Å². The molecular weight excluding hydrogens is 418 g/mol. The lowest BCUT2D eigenvalue weighted by atomic mass is 10.1. The van der Waals surface area contributed by atoms with Gasteiger partial charge in [-0.1, -0.05) is 51.8 Å². The zero-order valence-electron chi connectivity index (χ0n) is 13.9. The summed E-state index contributed by atoms with van der Waals surface area (Å²) >= 11 is 9.20. The van der Waals surface area contributed by atoms with Crippen molar-refractivity contribution in [3.05, 3.63) is 88.7 Å². The van der Waals surface area contributed by atoms with Gasteiger partial charge in [0, 0.05) is 23.3 Å². The third-order valence-corrected chi connectivity index (χ3v) is 4.58. The van der Waals surface area contributed by atoms with Crippen molar-refractivity contribution in [2.45, 2.75) is 11.9 Å². The number of aromatic nitrogens is 1. The summed E-state index contributed by atoms with van der Waals surface area (Å²) in [6, 6.07) is 11.2. The number of ketones is 1. The maximum Gasteiger partial charge on any atom is 0.184 e. The predicted octanol–water partition coefficient (Wildman–Crippen LogP) is 4.20. The van der Waals surface area contributed by atoms with Crippen LogP contribution in [0, 0.1) is 0 Å². The van der Waals surface area contributed by atoms with Gasteiger partial charge in [-0.25, -0.2) is 0 Å². The van der Waals surface area contributed by atoms with Gasteiger partial charge in [-0.15, -0.1) is 0 Å². The number of nitrogens with one attached hydrogen (secondary N) is 1. The van der Waals surface area contributed by atoms with Gasteiger partial charge in [0.2, 0.25) is 0 Å². The van der Waals surface area contributed by atoms with Gasteiger partial charge in [0.05, 0.1) is 16.9 Å². The number of nitrogens with zero attached hydrogens (tertiary/aromatic N) is 2. The maximum absolute atomic E-state index is 12.3. The summed E-state index contributed by atoms with van der Waals surface area (Å²) < 4.78 is 5.66. The molecule has 0 saturated carbocycles. The molecule has 0 saturated heterocycles. The van der Waals surface area contributed by atoms with Crippen LogP contribution in [0.2, 0.25) is 5.02 Å². The van der Waals surface area contributed by atoms with Gasteiger partial charge in [0.15, 0.2) is 5.78 Å². The molecule has 0 spiro atoms. The molecule has 0 fully saturated rings. The molecule has 1 aliphatic rings. The summed E-state index contributed by atoms with van der Waals surface area (Å²) in [6.45, 7) is 0.570. The van der Waals surface area contributed by atoms with Crippen LogP contribution in [0.5, 0.6) is 0 Å². The molecule has 3 rings (SSSR count). The van der Waals surface area contributed by atoms with Gasteiger partial charge >= 0.3 is 0 Å². The first kappa shape index (κ1) is 18.5. The highest BCUT2D eigenvalue weighted by atomic mass is 79.9. The van der Waals surface area contributed by atoms with Crippen LogP contribution in [0.4, 0.5) is 0 Å². The van der Waals surface area contributed by atoms with Crippen LogP contribution in [0.15, 0.2) is 66.8 Å². The summed E-state index contributed by atoms with van der Waals surface area (Å²) in [4.78, 5) is 16.5. The van der Waals surface area contributed by atoms with E-state index in [1.165, 1.54) is 0 Å². The average molecular weight is 435 g/mol. The van der Waals surface area contributed by atoms with Crippen molar-refractivity contribution in [3.8, 4) is 0 Å². The Balaban J connectivity index is 1.48. The molecule has 0 aliphatic carbocycles. The Morgan fingerprint density at radius 2 is 2.04 bits per heavy atom. The number of hydrogen-bond acceptors (Lipinski definition) is 5. The standard InChI is InChI=1S/C19H17BrClN3O2/c20-9-14-1-3-15(4-2-14)19(25)12-24-8-7-18(11-23-24)26-13-17-6-5-16(21)10-22-17/h1-8,10-11,23H,9,12-13H2. The number of ether oxygens (including phenoxy) is 1. The van der Waals surface area contributed by atoms with Gasteiger partial charge in [-0.2, -0.15) is 0 Å². The molecule has 7 heteroatoms. The zero-order valence-corrected chi connectivity index (χ0v) is 16.2. The Labute approximate surface area is 165 Å². The number of rotatable bonds is 7. The van der Waals surface area contributed by atoms with Crippen molar-refractivity contribution >= 4 is 33.3 Å². The van der Waals surface area contributed by atoms with Crippen molar-refractivity contribution in [3.63, 3.8) is 0 Å². The summed E-state index contributed by atoms with van der Waals surface area (Å²) in [6.07, 6.45) is 6.86. The first-order valence-electron chi connectivity index (χ1n) is 7.96. The molecule has 0 bridgehead atoms. The van der Waals surface area contributed by atoms with E-state index in [0.717, 1.165) is 16.6 Å². The molecule has 0 atom stereocenters. The molecule has 2 heterocycles. The van der Waals surface area contributed by atoms with Crippen LogP contribution >= 0.6 is 27.5 Å². The highest BCUT2D eigenvalue weighted by Gasteiger charge is 2.12. The number of carbonyl (C=O) groups is 1. The van der Waals surface area contributed by atoms with E-state index in [1.54, 1.807) is 35.7 Å². The van der Waals surface area contributed by atoms with E-state index in [0.29, 0.717) is 23.0 Å². The van der Waals surface area contributed by atoms with Gasteiger partial charge in [0.1, 0.15) is 18.9 Å². The van der Waals surface area contributed by atoms with Crippen LogP contribution < -0.4 is 5.43 Å². The monoisotopic (exact) mass is 433 g/mol. The molecule has 2 aromatic rings. The first-order chi connectivity index (χ1) is 12.6. The Kier molecular flexibility index (Phi) is 6.30. The number of carbonyl (C=O) groups excluding carboxylic acids is 1. The van der Waals surface area contributed by atoms with E-state index in [4.69, 9.17) is 16.3 Å². The minimum Gasteiger partial charge on any atom is -0.486 e. The zero-order chi connectivity index (χ0) is 18.4. The van der Waals surface area contributed by atoms with E-state index >= 15 is 0 Å². The summed E-state index contributed by atoms with van der Waals surface area (Å²) in [7, 11) is 0. The fourth-order valence-electron chi connectivity index (χ4n) is 2.26. The van der Waals surface area contributed by atoms with E-state index in [2.05, 4.69) is 26.3 Å². The lowest BCUT2D eigenvalue weighted by molar-refractivity contribution is 0.0936. The molecule has 1 N–H and O–H groups in total. The second-order valence-corrected chi connectivity index (χ2v) is 6.63. The van der Waals surface area contributed by atoms with Gasteiger partial charge in [-0.05, 0) is 23.8 Å². The van der Waals surface area contributed by atoms with Crippen LogP contribution in [0.25, 0.3) is 0 Å². The molecule has 0 amide bonds. The van der Waals surface area contributed by atoms with Crippen LogP contribution in [0.1, 0.15) is 21.6 Å². The highest BCUT2D eigenvalue weighted by Crippen LogP contribution is 2.12. The number of pyridine rings is 1. The number of halogens is 2. The molecule has 0 radical (unpaired) electrons. The summed E-state index contributed by atoms with van der Waals surface area (Å²) in [5.41, 5.74) is 5.63. The molecule has 134 valence electrons. The van der Waals surface area contributed by atoms with Crippen LogP contribution in [-0.4, -0.2) is 22.3 Å². The minimum absolute atomic E-state index is 0.0337. The molecule has 5 nitrogen and oxygen atoms in total. The lowest BCUT2D eigenvalue weighted by Gasteiger charge is -2.23. The normalized spacial score (nSPS) is 13.2. The lowest BCUT2D eigenvalue weighted by Crippen LogP contribution is -2.36. The topological polar surface area (TPSA) is 54.5 Å². The first-order valence-corrected chi connectivity index (χ1v) is 9.46. The Hall–Kier alpha value is -2.31. The Morgan fingerprint density at radius 3 is 2.65 bits per heavy atom. The number of alkyl halides is 1. The predicted molar refractivity (Wildman–Crippen MR) is 105 cm³/mol. The Morgan fingerprint density at radius 1 is 1.23 bits per heavy atom. The second kappa shape index (κ2) is 8.87. The smallest absolute Gasteiger partial charge is 0.184 e. The van der Waals surface area contributed by atoms with E-state index < -0.39 is 0 Å². The minimum atomic E-state index is 0.0337. The van der Waals surface area contributed by atoms with Crippen molar-refractivity contribution in [1.82, 2.24) is 15.4 Å². The molecule has 1 aromatic carbocycles. The van der Waals surface area contributed by atoms with Crippen LogP contribution in [-0.2, 0) is 16.7 Å². The number of allylic oxidation sites excluding steroid dienone is 1. The maximum atomic E-state index is 12.3. The molecule has 1 aromatic heterocycles. The summed E-state index contributed by atoms with van der Waals surface area (Å²) in [5.74, 6) is 0.693. The number of Topliss-reactive ketones (excluding diaryl/α,β-unsaturated/α-hetero) is 1. The second-order valence-electron chi connectivity index (χ2n) is 5.63. The molecular formula is C19H17BrClN3O2. The fraction of sp³-hybridized carbons (Fsp3) is 0.158. The number of hydrazine groups is 1. The third-order valence-electron chi connectivity index (χ3n) is 3.71. The van der Waals surface area contributed by atoms with Crippen LogP contribution in [0.3, 0.4) is 0 Å². The van der Waals surface area contributed by atoms with Crippen molar-refractivity contribution < 1.29 is 9.53 Å². The molecule has 0 unspecified atom stereocenters. The number of benzene rings is 1. The largest absolute Gasteiger partial charge is 0.486 e. The van der Waals surface area contributed by atoms with Crippen molar-refractivity contribution in [1.29, 1.82) is 0 Å². The number of hydrogen-bond donors (Lipinski definition) is 1. The Bertz CT molecular complexity index is 820. The highest BCUT2D eigenvalue weighted by molar-refractivity contribution is 9.08. The molecule has 1 aliphatic heterocycles. The van der Waals surface area contributed by atoms with E-state index in [-0.39, 0.29) is 12.3 Å². The van der Waals surface area contributed by atoms with Gasteiger partial charge in [-0.3, -0.25) is 14.8 Å². The fourth-order valence-corrected chi connectivity index (χ4v) is 2.75. The SMILES string of the molecule is O=C(CN1C=CC(OCc2ccc(Cl)cn2)=CN1)c1ccc(CBr)cc1. The summed E-state index contributed by atoms with van der Waals surface area (Å²) in [5, 5.41) is 3.07. The third kappa shape index (κ3) is 5.09. The van der Waals surface area contributed by atoms with E-state index in [9.17, 15) is 4.79 Å². The van der Waals surface area contributed by atoms with Crippen molar-refractivity contribution in [2.24, 2.45) is 0 Å². The van der Waals surface area contributed by atoms with Gasteiger partial charge in [0.25, 0.3) is 0 Å². The average Bonchev–Trinajstić information content (AvgIpc) is 2.68.